The summed E-state index contributed by atoms with van der Waals surface area (Å²) in [5.74, 6) is 0.880. The highest BCUT2D eigenvalue weighted by Gasteiger charge is 2.24. The van der Waals surface area contributed by atoms with Gasteiger partial charge in [-0.1, -0.05) is 0 Å². The van der Waals surface area contributed by atoms with E-state index in [9.17, 15) is 0 Å². The van der Waals surface area contributed by atoms with Crippen LogP contribution in [-0.4, -0.2) is 31.1 Å². The van der Waals surface area contributed by atoms with Crippen molar-refractivity contribution in [2.45, 2.75) is 38.6 Å². The zero-order chi connectivity index (χ0) is 8.97. The number of hydrogen-bond donors (Lipinski definition) is 1. The smallest absolute Gasteiger partial charge is 0.00387 e. The molecule has 0 bridgehead atoms. The Balaban J connectivity index is 0.000000120. The Morgan fingerprint density at radius 1 is 1.25 bits per heavy atom. The molecule has 2 heteroatoms. The second-order valence-corrected chi connectivity index (χ2v) is 4.21. The Labute approximate surface area is 76.1 Å². The van der Waals surface area contributed by atoms with E-state index in [4.69, 9.17) is 5.73 Å². The summed E-state index contributed by atoms with van der Waals surface area (Å²) in [5, 5.41) is 0. The minimum Gasteiger partial charge on any atom is -0.328 e. The standard InChI is InChI=1S/2C5H11N/c1-6-4-2-3-5-6;1-4(6)5-2-3-5/h2-5H2,1H3;4-5H,2-3,6H2,1H3. The van der Waals surface area contributed by atoms with Crippen molar-refractivity contribution in [1.82, 2.24) is 4.90 Å². The maximum absolute atomic E-state index is 5.50. The summed E-state index contributed by atoms with van der Waals surface area (Å²) in [6.07, 6.45) is 5.57. The lowest BCUT2D eigenvalue weighted by molar-refractivity contribution is 0.418. The molecule has 2 aliphatic rings. The zero-order valence-corrected chi connectivity index (χ0v) is 8.42. The molecule has 1 atom stereocenters. The fourth-order valence-corrected chi connectivity index (χ4v) is 1.50. The molecule has 1 saturated heterocycles. The lowest BCUT2D eigenvalue weighted by Gasteiger charge is -2.01. The van der Waals surface area contributed by atoms with E-state index in [0.717, 1.165) is 5.92 Å². The fourth-order valence-electron chi connectivity index (χ4n) is 1.50. The highest BCUT2D eigenvalue weighted by Crippen LogP contribution is 2.30. The first-order valence-corrected chi connectivity index (χ1v) is 5.14. The van der Waals surface area contributed by atoms with Crippen LogP contribution in [-0.2, 0) is 0 Å². The van der Waals surface area contributed by atoms with Crippen LogP contribution in [0.25, 0.3) is 0 Å². The van der Waals surface area contributed by atoms with Crippen molar-refractivity contribution < 1.29 is 0 Å². The van der Waals surface area contributed by atoms with Gasteiger partial charge in [-0.2, -0.15) is 0 Å². The molecule has 1 aliphatic carbocycles. The normalized spacial score (nSPS) is 26.2. The van der Waals surface area contributed by atoms with Crippen LogP contribution in [0.5, 0.6) is 0 Å². The molecule has 1 heterocycles. The third kappa shape index (κ3) is 4.07. The topological polar surface area (TPSA) is 29.3 Å². The Hall–Kier alpha value is -0.0800. The van der Waals surface area contributed by atoms with Crippen LogP contribution in [0.2, 0.25) is 0 Å². The Morgan fingerprint density at radius 2 is 1.75 bits per heavy atom. The summed E-state index contributed by atoms with van der Waals surface area (Å²) in [4.78, 5) is 2.36. The monoisotopic (exact) mass is 170 g/mol. The molecule has 2 rings (SSSR count). The summed E-state index contributed by atoms with van der Waals surface area (Å²) >= 11 is 0. The second kappa shape index (κ2) is 4.83. The molecule has 1 unspecified atom stereocenters. The molecule has 0 radical (unpaired) electrons. The fraction of sp³-hybridized carbons (Fsp3) is 1.00. The van der Waals surface area contributed by atoms with Gasteiger partial charge in [0.2, 0.25) is 0 Å². The first-order valence-electron chi connectivity index (χ1n) is 5.14. The second-order valence-electron chi connectivity index (χ2n) is 4.21. The average Bonchev–Trinajstić information content (AvgIpc) is 2.77. The van der Waals surface area contributed by atoms with Gasteiger partial charge in [-0.15, -0.1) is 0 Å². The van der Waals surface area contributed by atoms with Gasteiger partial charge in [0.15, 0.2) is 0 Å². The third-order valence-electron chi connectivity index (χ3n) is 2.70. The first-order chi connectivity index (χ1) is 5.70. The zero-order valence-electron chi connectivity index (χ0n) is 8.42. The van der Waals surface area contributed by atoms with E-state index in [2.05, 4.69) is 18.9 Å². The van der Waals surface area contributed by atoms with Gasteiger partial charge in [0.05, 0.1) is 0 Å². The van der Waals surface area contributed by atoms with E-state index in [1.54, 1.807) is 0 Å². The summed E-state index contributed by atoms with van der Waals surface area (Å²) < 4.78 is 0. The van der Waals surface area contributed by atoms with E-state index in [-0.39, 0.29) is 0 Å². The molecule has 2 N–H and O–H groups in total. The molecule has 0 aromatic carbocycles. The predicted molar refractivity (Wildman–Crippen MR) is 53.1 cm³/mol. The molecule has 2 nitrogen and oxygen atoms in total. The van der Waals surface area contributed by atoms with Crippen molar-refractivity contribution in [3.63, 3.8) is 0 Å². The number of likely N-dealkylation sites (tertiary alicyclic amines) is 1. The van der Waals surface area contributed by atoms with Crippen LogP contribution >= 0.6 is 0 Å². The first kappa shape index (κ1) is 10.0. The van der Waals surface area contributed by atoms with Gasteiger partial charge in [0, 0.05) is 6.04 Å². The van der Waals surface area contributed by atoms with E-state index < -0.39 is 0 Å². The van der Waals surface area contributed by atoms with Crippen LogP contribution in [0.3, 0.4) is 0 Å². The van der Waals surface area contributed by atoms with Gasteiger partial charge in [-0.05, 0) is 58.7 Å². The molecule has 1 saturated carbocycles. The van der Waals surface area contributed by atoms with Crippen molar-refractivity contribution >= 4 is 0 Å². The number of nitrogens with two attached hydrogens (primary N) is 1. The third-order valence-corrected chi connectivity index (χ3v) is 2.70. The molecular weight excluding hydrogens is 148 g/mol. The van der Waals surface area contributed by atoms with Gasteiger partial charge in [-0.3, -0.25) is 0 Å². The predicted octanol–water partition coefficient (Wildman–Crippen LogP) is 1.46. The number of nitrogens with zero attached hydrogens (tertiary/aromatic N) is 1. The van der Waals surface area contributed by atoms with Gasteiger partial charge < -0.3 is 10.6 Å². The highest BCUT2D eigenvalue weighted by molar-refractivity contribution is 4.80. The van der Waals surface area contributed by atoms with E-state index in [1.807, 2.05) is 0 Å². The largest absolute Gasteiger partial charge is 0.328 e. The molecule has 0 aromatic rings. The quantitative estimate of drug-likeness (QED) is 0.645. The Kier molecular flexibility index (Phi) is 4.02. The van der Waals surface area contributed by atoms with Crippen LogP contribution in [0.4, 0.5) is 0 Å². The number of hydrogen-bond acceptors (Lipinski definition) is 2. The van der Waals surface area contributed by atoms with Gasteiger partial charge in [0.1, 0.15) is 0 Å². The van der Waals surface area contributed by atoms with Crippen LogP contribution in [0.15, 0.2) is 0 Å². The minimum absolute atomic E-state index is 0.463. The van der Waals surface area contributed by atoms with Crippen LogP contribution in [0, 0.1) is 5.92 Å². The molecule has 0 amide bonds. The summed E-state index contributed by atoms with van der Waals surface area (Å²) in [6, 6.07) is 0.463. The molecule has 12 heavy (non-hydrogen) atoms. The lowest BCUT2D eigenvalue weighted by atomic mass is 10.2. The van der Waals surface area contributed by atoms with Crippen molar-refractivity contribution in [3.8, 4) is 0 Å². The molecule has 1 aliphatic heterocycles. The average molecular weight is 170 g/mol. The molecule has 2 fully saturated rings. The maximum atomic E-state index is 5.50. The summed E-state index contributed by atoms with van der Waals surface area (Å²) in [7, 11) is 2.17. The minimum atomic E-state index is 0.463. The van der Waals surface area contributed by atoms with Gasteiger partial charge in [0.25, 0.3) is 0 Å². The van der Waals surface area contributed by atoms with Crippen LogP contribution in [0.1, 0.15) is 32.6 Å². The van der Waals surface area contributed by atoms with Gasteiger partial charge >= 0.3 is 0 Å². The highest BCUT2D eigenvalue weighted by atomic mass is 15.1. The maximum Gasteiger partial charge on any atom is 0.00387 e. The molecule has 72 valence electrons. The van der Waals surface area contributed by atoms with E-state index in [1.165, 1.54) is 38.8 Å². The Bertz CT molecular complexity index is 113. The van der Waals surface area contributed by atoms with Crippen molar-refractivity contribution in [2.24, 2.45) is 11.7 Å². The summed E-state index contributed by atoms with van der Waals surface area (Å²) in [5.41, 5.74) is 5.50. The van der Waals surface area contributed by atoms with Crippen molar-refractivity contribution in [3.05, 3.63) is 0 Å². The SMILES string of the molecule is CC(N)C1CC1.CN1CCCC1. The Morgan fingerprint density at radius 3 is 1.83 bits per heavy atom. The van der Waals surface area contributed by atoms with Gasteiger partial charge in [-0.25, -0.2) is 0 Å². The molecular formula is C10H22N2. The van der Waals surface area contributed by atoms with E-state index >= 15 is 0 Å². The lowest BCUT2D eigenvalue weighted by Crippen LogP contribution is -2.16. The summed E-state index contributed by atoms with van der Waals surface area (Å²) in [6.45, 7) is 4.72. The van der Waals surface area contributed by atoms with Crippen molar-refractivity contribution in [1.29, 1.82) is 0 Å². The van der Waals surface area contributed by atoms with Crippen molar-refractivity contribution in [2.75, 3.05) is 20.1 Å². The number of rotatable bonds is 1. The van der Waals surface area contributed by atoms with Crippen LogP contribution < -0.4 is 5.73 Å². The molecule has 0 aromatic heterocycles. The van der Waals surface area contributed by atoms with E-state index in [0.29, 0.717) is 6.04 Å². The molecule has 0 spiro atoms.